The van der Waals surface area contributed by atoms with E-state index in [-0.39, 0.29) is 6.07 Å². The largest absolute Gasteiger partial charge is 0.451 e. The van der Waals surface area contributed by atoms with Crippen molar-refractivity contribution >= 4 is 5.82 Å². The molecule has 0 aliphatic carbocycles. The molecule has 0 fully saturated rings. The number of nitrogens with zero attached hydrogens (tertiary/aromatic N) is 2. The Bertz CT molecular complexity index is 336. The lowest BCUT2D eigenvalue weighted by Crippen LogP contribution is -2.18. The number of hydrogen-bond donors (Lipinski definition) is 1. The van der Waals surface area contributed by atoms with Crippen LogP contribution in [-0.4, -0.2) is 9.97 Å². The van der Waals surface area contributed by atoms with Gasteiger partial charge in [-0.25, -0.2) is 9.97 Å². The Balaban J connectivity index is 3.30. The van der Waals surface area contributed by atoms with Crippen molar-refractivity contribution in [2.24, 2.45) is 0 Å². The van der Waals surface area contributed by atoms with Gasteiger partial charge < -0.3 is 5.73 Å². The molecule has 84 valence electrons. The highest BCUT2D eigenvalue weighted by Crippen LogP contribution is 2.32. The first-order chi connectivity index (χ1) is 6.60. The molecular weight excluding hydrogens is 228 g/mol. The second-order valence-corrected chi connectivity index (χ2v) is 2.50. The normalized spacial score (nSPS) is 12.9. The van der Waals surface area contributed by atoms with E-state index in [1.54, 1.807) is 0 Å². The van der Waals surface area contributed by atoms with Crippen molar-refractivity contribution in [3.05, 3.63) is 17.6 Å². The first-order valence-corrected chi connectivity index (χ1v) is 3.39. The Morgan fingerprint density at radius 1 is 0.933 bits per heavy atom. The Hall–Kier alpha value is -1.54. The maximum Gasteiger partial charge on any atom is 0.451 e. The van der Waals surface area contributed by atoms with Gasteiger partial charge in [-0.15, -0.1) is 0 Å². The summed E-state index contributed by atoms with van der Waals surface area (Å²) < 4.78 is 72.0. The van der Waals surface area contributed by atoms with Gasteiger partial charge in [-0.1, -0.05) is 0 Å². The molecule has 1 rings (SSSR count). The predicted octanol–water partition coefficient (Wildman–Crippen LogP) is 2.10. The quantitative estimate of drug-likeness (QED) is 0.695. The third-order valence-electron chi connectivity index (χ3n) is 1.29. The number of nitrogens with two attached hydrogens (primary N) is 1. The van der Waals surface area contributed by atoms with Crippen molar-refractivity contribution < 1.29 is 26.3 Å². The van der Waals surface area contributed by atoms with Gasteiger partial charge in [0.15, 0.2) is 5.69 Å². The Labute approximate surface area is 78.9 Å². The van der Waals surface area contributed by atoms with Gasteiger partial charge in [0.1, 0.15) is 5.82 Å². The second kappa shape index (κ2) is 3.24. The zero-order valence-corrected chi connectivity index (χ0v) is 6.82. The lowest BCUT2D eigenvalue weighted by atomic mass is 10.3. The number of anilines is 1. The molecule has 0 aliphatic heterocycles. The first-order valence-electron chi connectivity index (χ1n) is 3.39. The highest BCUT2D eigenvalue weighted by Gasteiger charge is 2.39. The Kier molecular flexibility index (Phi) is 2.49. The van der Waals surface area contributed by atoms with Crippen LogP contribution in [0.15, 0.2) is 6.07 Å². The summed E-state index contributed by atoms with van der Waals surface area (Å²) in [5.74, 6) is -2.79. The molecule has 0 spiro atoms. The molecule has 0 aliphatic rings. The number of halogens is 6. The fourth-order valence-corrected chi connectivity index (χ4v) is 0.738. The molecule has 0 bridgehead atoms. The van der Waals surface area contributed by atoms with E-state index in [4.69, 9.17) is 5.73 Å². The van der Waals surface area contributed by atoms with E-state index in [0.717, 1.165) is 0 Å². The van der Waals surface area contributed by atoms with E-state index in [1.165, 1.54) is 0 Å². The van der Waals surface area contributed by atoms with E-state index in [0.29, 0.717) is 0 Å². The van der Waals surface area contributed by atoms with Gasteiger partial charge in [0.25, 0.3) is 0 Å². The predicted molar refractivity (Wildman–Crippen MR) is 36.4 cm³/mol. The summed E-state index contributed by atoms with van der Waals surface area (Å²) in [6, 6.07) is 0.231. The molecule has 0 saturated carbocycles. The summed E-state index contributed by atoms with van der Waals surface area (Å²) >= 11 is 0. The molecular formula is C6H3F6N3. The minimum absolute atomic E-state index is 0.231. The number of rotatable bonds is 0. The molecule has 0 saturated heterocycles. The van der Waals surface area contributed by atoms with Crippen LogP contribution >= 0.6 is 0 Å². The van der Waals surface area contributed by atoms with E-state index in [9.17, 15) is 26.3 Å². The maximum atomic E-state index is 12.0. The SMILES string of the molecule is Nc1cc(C(F)(F)F)nc(C(F)(F)F)n1. The van der Waals surface area contributed by atoms with E-state index < -0.39 is 29.7 Å². The molecule has 0 amide bonds. The number of nitrogen functional groups attached to an aromatic ring is 1. The Morgan fingerprint density at radius 3 is 1.87 bits per heavy atom. The van der Waals surface area contributed by atoms with Crippen LogP contribution in [-0.2, 0) is 12.4 Å². The summed E-state index contributed by atoms with van der Waals surface area (Å²) in [6.45, 7) is 0. The van der Waals surface area contributed by atoms with E-state index in [2.05, 4.69) is 9.97 Å². The molecule has 0 unspecified atom stereocenters. The van der Waals surface area contributed by atoms with E-state index in [1.807, 2.05) is 0 Å². The molecule has 0 radical (unpaired) electrons. The molecule has 15 heavy (non-hydrogen) atoms. The smallest absolute Gasteiger partial charge is 0.384 e. The molecule has 0 aromatic carbocycles. The topological polar surface area (TPSA) is 51.8 Å². The molecule has 1 aromatic heterocycles. The van der Waals surface area contributed by atoms with Crippen molar-refractivity contribution in [1.82, 2.24) is 9.97 Å². The molecule has 0 atom stereocenters. The lowest BCUT2D eigenvalue weighted by Gasteiger charge is -2.10. The third-order valence-corrected chi connectivity index (χ3v) is 1.29. The van der Waals surface area contributed by atoms with Gasteiger partial charge in [0.05, 0.1) is 0 Å². The van der Waals surface area contributed by atoms with Crippen molar-refractivity contribution in [3.8, 4) is 0 Å². The van der Waals surface area contributed by atoms with Gasteiger partial charge in [-0.05, 0) is 0 Å². The van der Waals surface area contributed by atoms with Gasteiger partial charge >= 0.3 is 12.4 Å². The highest BCUT2D eigenvalue weighted by atomic mass is 19.4. The summed E-state index contributed by atoms with van der Waals surface area (Å²) in [6.07, 6.45) is -10.0. The second-order valence-electron chi connectivity index (χ2n) is 2.50. The van der Waals surface area contributed by atoms with Crippen LogP contribution in [0, 0.1) is 0 Å². The van der Waals surface area contributed by atoms with Crippen LogP contribution in [0.5, 0.6) is 0 Å². The molecule has 1 heterocycles. The van der Waals surface area contributed by atoms with Crippen LogP contribution in [0.4, 0.5) is 32.2 Å². The first kappa shape index (κ1) is 11.5. The van der Waals surface area contributed by atoms with Crippen LogP contribution in [0.25, 0.3) is 0 Å². The molecule has 1 aromatic rings. The standard InChI is InChI=1S/C6H3F6N3/c7-5(8,9)2-1-3(13)15-4(14-2)6(10,11)12/h1H,(H2,13,14,15). The summed E-state index contributed by atoms with van der Waals surface area (Å²) in [5, 5.41) is 0. The summed E-state index contributed by atoms with van der Waals surface area (Å²) in [7, 11) is 0. The van der Waals surface area contributed by atoms with Gasteiger partial charge in [-0.2, -0.15) is 26.3 Å². The molecule has 3 nitrogen and oxygen atoms in total. The lowest BCUT2D eigenvalue weighted by molar-refractivity contribution is -0.152. The van der Waals surface area contributed by atoms with Crippen molar-refractivity contribution in [3.63, 3.8) is 0 Å². The molecule has 2 N–H and O–H groups in total. The third kappa shape index (κ3) is 2.70. The van der Waals surface area contributed by atoms with Crippen molar-refractivity contribution in [2.45, 2.75) is 12.4 Å². The van der Waals surface area contributed by atoms with Crippen LogP contribution < -0.4 is 5.73 Å². The average Bonchev–Trinajstić information content (AvgIpc) is 1.99. The van der Waals surface area contributed by atoms with Crippen LogP contribution in [0.2, 0.25) is 0 Å². The minimum atomic E-state index is -5.06. The van der Waals surface area contributed by atoms with Crippen LogP contribution in [0.3, 0.4) is 0 Å². The summed E-state index contributed by atoms with van der Waals surface area (Å²) in [4.78, 5) is 5.00. The van der Waals surface area contributed by atoms with Crippen molar-refractivity contribution in [1.29, 1.82) is 0 Å². The fourth-order valence-electron chi connectivity index (χ4n) is 0.738. The minimum Gasteiger partial charge on any atom is -0.384 e. The zero-order valence-electron chi connectivity index (χ0n) is 6.82. The fraction of sp³-hybridized carbons (Fsp3) is 0.333. The number of alkyl halides is 6. The maximum absolute atomic E-state index is 12.0. The highest BCUT2D eigenvalue weighted by molar-refractivity contribution is 5.31. The van der Waals surface area contributed by atoms with Gasteiger partial charge in [-0.3, -0.25) is 0 Å². The van der Waals surface area contributed by atoms with E-state index >= 15 is 0 Å². The average molecular weight is 231 g/mol. The number of aromatic nitrogens is 2. The van der Waals surface area contributed by atoms with Crippen molar-refractivity contribution in [2.75, 3.05) is 5.73 Å². The monoisotopic (exact) mass is 231 g/mol. The number of hydrogen-bond acceptors (Lipinski definition) is 3. The van der Waals surface area contributed by atoms with Gasteiger partial charge in [0, 0.05) is 6.07 Å². The van der Waals surface area contributed by atoms with Crippen LogP contribution in [0.1, 0.15) is 11.5 Å². The zero-order chi connectivity index (χ0) is 11.9. The van der Waals surface area contributed by atoms with Gasteiger partial charge in [0.2, 0.25) is 5.82 Å². The summed E-state index contributed by atoms with van der Waals surface area (Å²) in [5.41, 5.74) is 3.08. The Morgan fingerprint density at radius 2 is 1.47 bits per heavy atom. The molecule has 9 heteroatoms.